The number of nitrogens with one attached hydrogen (secondary N) is 1. The maximum atomic E-state index is 13.0. The van der Waals surface area contributed by atoms with Crippen molar-refractivity contribution in [3.8, 4) is 0 Å². The van der Waals surface area contributed by atoms with Gasteiger partial charge in [0.05, 0.1) is 12.2 Å². The summed E-state index contributed by atoms with van der Waals surface area (Å²) in [6, 6.07) is 6.54. The van der Waals surface area contributed by atoms with Crippen molar-refractivity contribution in [3.63, 3.8) is 0 Å². The molecule has 0 saturated heterocycles. The number of halogens is 2. The molecule has 0 aliphatic carbocycles. The summed E-state index contributed by atoms with van der Waals surface area (Å²) in [6.07, 6.45) is 3.99. The Morgan fingerprint density at radius 2 is 2.12 bits per heavy atom. The van der Waals surface area contributed by atoms with Crippen molar-refractivity contribution < 1.29 is 4.39 Å². The molecule has 0 unspecified atom stereocenters. The Balaban J connectivity index is 0.00000225. The lowest BCUT2D eigenvalue weighted by atomic mass is 10.2. The molecule has 0 radical (unpaired) electrons. The number of nitrogens with zero attached hydrogens (tertiary/aromatic N) is 4. The van der Waals surface area contributed by atoms with Crippen LogP contribution in [0.1, 0.15) is 18.2 Å². The van der Waals surface area contributed by atoms with E-state index in [0.29, 0.717) is 13.1 Å². The first kappa shape index (κ1) is 19.6. The van der Waals surface area contributed by atoms with E-state index in [1.165, 1.54) is 12.1 Å². The molecule has 2 heterocycles. The molecule has 0 aliphatic heterocycles. The molecule has 5 nitrogen and oxygen atoms in total. The second-order valence-corrected chi connectivity index (χ2v) is 6.35. The summed E-state index contributed by atoms with van der Waals surface area (Å²) in [5, 5.41) is 5.29. The highest BCUT2D eigenvalue weighted by molar-refractivity contribution is 14.0. The zero-order valence-electron chi connectivity index (χ0n) is 14.1. The van der Waals surface area contributed by atoms with Crippen LogP contribution >= 0.6 is 35.3 Å². The summed E-state index contributed by atoms with van der Waals surface area (Å²) in [5.41, 5.74) is 1.97. The maximum Gasteiger partial charge on any atom is 0.194 e. The molecule has 0 amide bonds. The summed E-state index contributed by atoms with van der Waals surface area (Å²) in [6.45, 7) is 3.99. The Kier molecular flexibility index (Phi) is 7.18. The molecule has 0 saturated carbocycles. The standard InChI is InChI=1S/C17H20FN5S.HI/c1-3-19-16(22(2)11-13-4-6-14(18)7-5-13)20-10-15-12-23-8-9-24-17(23)21-15;/h4-9,12H,3,10-11H2,1-2H3,(H,19,20);1H. The van der Waals surface area contributed by atoms with Crippen LogP contribution in [0.5, 0.6) is 0 Å². The van der Waals surface area contributed by atoms with E-state index in [1.54, 1.807) is 23.5 Å². The van der Waals surface area contributed by atoms with Gasteiger partial charge in [0, 0.05) is 37.9 Å². The van der Waals surface area contributed by atoms with Crippen LogP contribution in [0.4, 0.5) is 4.39 Å². The third kappa shape index (κ3) is 5.15. The molecular weight excluding hydrogens is 452 g/mol. The van der Waals surface area contributed by atoms with Crippen LogP contribution in [-0.2, 0) is 13.1 Å². The van der Waals surface area contributed by atoms with Crippen LogP contribution in [0.2, 0.25) is 0 Å². The van der Waals surface area contributed by atoms with Gasteiger partial charge in [0.2, 0.25) is 0 Å². The molecule has 0 spiro atoms. The molecular formula is C17H21FIN5S. The van der Waals surface area contributed by atoms with Gasteiger partial charge in [0.15, 0.2) is 10.9 Å². The van der Waals surface area contributed by atoms with Gasteiger partial charge in [-0.2, -0.15) is 0 Å². The van der Waals surface area contributed by atoms with Crippen LogP contribution in [0.3, 0.4) is 0 Å². The van der Waals surface area contributed by atoms with Gasteiger partial charge in [0.25, 0.3) is 0 Å². The monoisotopic (exact) mass is 473 g/mol. The number of hydrogen-bond donors (Lipinski definition) is 1. The van der Waals surface area contributed by atoms with E-state index in [4.69, 9.17) is 0 Å². The zero-order chi connectivity index (χ0) is 16.9. The molecule has 134 valence electrons. The molecule has 0 bridgehead atoms. The molecule has 3 aromatic rings. The molecule has 0 fully saturated rings. The van der Waals surface area contributed by atoms with E-state index in [0.717, 1.165) is 28.7 Å². The van der Waals surface area contributed by atoms with E-state index in [-0.39, 0.29) is 29.8 Å². The molecule has 3 rings (SSSR count). The highest BCUT2D eigenvalue weighted by atomic mass is 127. The normalized spacial score (nSPS) is 11.4. The lowest BCUT2D eigenvalue weighted by molar-refractivity contribution is 0.476. The van der Waals surface area contributed by atoms with E-state index >= 15 is 0 Å². The molecule has 2 aromatic heterocycles. The van der Waals surface area contributed by atoms with Crippen LogP contribution in [0, 0.1) is 5.82 Å². The fourth-order valence-corrected chi connectivity index (χ4v) is 3.14. The van der Waals surface area contributed by atoms with Crippen LogP contribution in [0.25, 0.3) is 4.96 Å². The van der Waals surface area contributed by atoms with Gasteiger partial charge in [-0.3, -0.25) is 4.40 Å². The van der Waals surface area contributed by atoms with E-state index in [9.17, 15) is 4.39 Å². The molecule has 0 aliphatic rings. The number of aromatic nitrogens is 2. The Bertz CT molecular complexity index is 799. The van der Waals surface area contributed by atoms with Crippen molar-refractivity contribution in [3.05, 3.63) is 59.1 Å². The lowest BCUT2D eigenvalue weighted by Crippen LogP contribution is -2.38. The van der Waals surface area contributed by atoms with E-state index in [1.807, 2.05) is 41.0 Å². The average Bonchev–Trinajstić information content (AvgIpc) is 3.15. The first-order chi connectivity index (χ1) is 11.7. The SMILES string of the molecule is CCNC(=NCc1cn2ccsc2n1)N(C)Cc1ccc(F)cc1.I. The van der Waals surface area contributed by atoms with Gasteiger partial charge < -0.3 is 10.2 Å². The quantitative estimate of drug-likeness (QED) is 0.349. The lowest BCUT2D eigenvalue weighted by Gasteiger charge is -2.22. The molecule has 1 N–H and O–H groups in total. The Hall–Kier alpha value is -1.68. The minimum absolute atomic E-state index is 0. The predicted molar refractivity (Wildman–Crippen MR) is 111 cm³/mol. The Labute approximate surface area is 167 Å². The van der Waals surface area contributed by atoms with Gasteiger partial charge in [-0.15, -0.1) is 35.3 Å². The average molecular weight is 473 g/mol. The summed E-state index contributed by atoms with van der Waals surface area (Å²) in [4.78, 5) is 12.2. The minimum atomic E-state index is -0.221. The number of thiazole rings is 1. The second-order valence-electron chi connectivity index (χ2n) is 5.48. The van der Waals surface area contributed by atoms with Crippen molar-refractivity contribution >= 4 is 46.2 Å². The predicted octanol–water partition coefficient (Wildman–Crippen LogP) is 3.75. The molecule has 25 heavy (non-hydrogen) atoms. The highest BCUT2D eigenvalue weighted by Gasteiger charge is 2.08. The van der Waals surface area contributed by atoms with Crippen molar-refractivity contribution in [2.45, 2.75) is 20.0 Å². The fourth-order valence-electron chi connectivity index (χ4n) is 2.42. The summed E-state index contributed by atoms with van der Waals surface area (Å²) >= 11 is 1.61. The van der Waals surface area contributed by atoms with Gasteiger partial charge in [-0.1, -0.05) is 12.1 Å². The van der Waals surface area contributed by atoms with E-state index < -0.39 is 0 Å². The number of guanidine groups is 1. The first-order valence-electron chi connectivity index (χ1n) is 7.80. The number of aliphatic imine (C=N–C) groups is 1. The van der Waals surface area contributed by atoms with Crippen molar-refractivity contribution in [2.75, 3.05) is 13.6 Å². The van der Waals surface area contributed by atoms with Gasteiger partial charge in [0.1, 0.15) is 5.82 Å². The summed E-state index contributed by atoms with van der Waals surface area (Å²) < 4.78 is 15.0. The van der Waals surface area contributed by atoms with Crippen LogP contribution < -0.4 is 5.32 Å². The summed E-state index contributed by atoms with van der Waals surface area (Å²) in [5.74, 6) is 0.583. The third-order valence-corrected chi connectivity index (χ3v) is 4.33. The molecule has 1 aromatic carbocycles. The Morgan fingerprint density at radius 3 is 2.80 bits per heavy atom. The van der Waals surface area contributed by atoms with Gasteiger partial charge >= 0.3 is 0 Å². The fraction of sp³-hybridized carbons (Fsp3) is 0.294. The van der Waals surface area contributed by atoms with Crippen molar-refractivity contribution in [1.82, 2.24) is 19.6 Å². The van der Waals surface area contributed by atoms with Gasteiger partial charge in [-0.25, -0.2) is 14.4 Å². The highest BCUT2D eigenvalue weighted by Crippen LogP contribution is 2.12. The number of imidazole rings is 1. The maximum absolute atomic E-state index is 13.0. The van der Waals surface area contributed by atoms with Crippen molar-refractivity contribution in [2.24, 2.45) is 4.99 Å². The minimum Gasteiger partial charge on any atom is -0.357 e. The second kappa shape index (κ2) is 9.14. The van der Waals surface area contributed by atoms with Gasteiger partial charge in [-0.05, 0) is 24.6 Å². The van der Waals surface area contributed by atoms with Crippen LogP contribution in [0.15, 0.2) is 47.0 Å². The topological polar surface area (TPSA) is 44.9 Å². The number of fused-ring (bicyclic) bond motifs is 1. The first-order valence-corrected chi connectivity index (χ1v) is 8.68. The number of hydrogen-bond acceptors (Lipinski definition) is 3. The molecule has 8 heteroatoms. The van der Waals surface area contributed by atoms with E-state index in [2.05, 4.69) is 15.3 Å². The molecule has 0 atom stereocenters. The number of benzene rings is 1. The summed E-state index contributed by atoms with van der Waals surface area (Å²) in [7, 11) is 1.97. The number of rotatable bonds is 5. The van der Waals surface area contributed by atoms with Crippen LogP contribution in [-0.4, -0.2) is 33.8 Å². The van der Waals surface area contributed by atoms with Crippen molar-refractivity contribution in [1.29, 1.82) is 0 Å². The third-order valence-electron chi connectivity index (χ3n) is 3.56. The zero-order valence-corrected chi connectivity index (χ0v) is 17.3. The Morgan fingerprint density at radius 1 is 1.36 bits per heavy atom. The largest absolute Gasteiger partial charge is 0.357 e. The smallest absolute Gasteiger partial charge is 0.194 e.